The molecule has 4 nitrogen and oxygen atoms in total. The molecule has 0 N–H and O–H groups in total. The molecule has 2 saturated heterocycles. The summed E-state index contributed by atoms with van der Waals surface area (Å²) in [7, 11) is 0. The average Bonchev–Trinajstić information content (AvgIpc) is 2.94. The summed E-state index contributed by atoms with van der Waals surface area (Å²) >= 11 is 0. The Balaban J connectivity index is 1.59. The van der Waals surface area contributed by atoms with Crippen molar-refractivity contribution in [3.63, 3.8) is 0 Å². The molecule has 3 heterocycles. The van der Waals surface area contributed by atoms with Crippen molar-refractivity contribution in [1.29, 1.82) is 5.26 Å². The van der Waals surface area contributed by atoms with E-state index in [4.69, 9.17) is 5.26 Å². The van der Waals surface area contributed by atoms with Crippen LogP contribution in [0, 0.1) is 11.3 Å². The largest absolute Gasteiger partial charge is 0.357 e. The quantitative estimate of drug-likeness (QED) is 0.827. The van der Waals surface area contributed by atoms with E-state index in [2.05, 4.69) is 27.8 Å². The maximum Gasteiger partial charge on any atom is 0.128 e. The van der Waals surface area contributed by atoms with Crippen LogP contribution in [0.25, 0.3) is 0 Å². The number of likely N-dealkylation sites (tertiary alicyclic amines) is 1. The second-order valence-electron chi connectivity index (χ2n) is 5.96. The summed E-state index contributed by atoms with van der Waals surface area (Å²) in [6.45, 7) is 5.79. The van der Waals surface area contributed by atoms with Crippen molar-refractivity contribution in [2.24, 2.45) is 0 Å². The van der Waals surface area contributed by atoms with Gasteiger partial charge in [0.1, 0.15) is 11.9 Å². The van der Waals surface area contributed by atoms with Gasteiger partial charge in [0, 0.05) is 31.4 Å². The lowest BCUT2D eigenvalue weighted by molar-refractivity contribution is 0.163. The van der Waals surface area contributed by atoms with Crippen molar-refractivity contribution >= 4 is 5.82 Å². The van der Waals surface area contributed by atoms with Gasteiger partial charge in [-0.3, -0.25) is 4.90 Å². The van der Waals surface area contributed by atoms with Crippen LogP contribution in [0.5, 0.6) is 0 Å². The number of nitriles is 1. The van der Waals surface area contributed by atoms with Gasteiger partial charge in [-0.05, 0) is 51.3 Å². The molecular formula is C16H22N4. The van der Waals surface area contributed by atoms with Crippen molar-refractivity contribution < 1.29 is 0 Å². The molecule has 4 heteroatoms. The van der Waals surface area contributed by atoms with Crippen LogP contribution in [0.15, 0.2) is 18.3 Å². The summed E-state index contributed by atoms with van der Waals surface area (Å²) < 4.78 is 0. The van der Waals surface area contributed by atoms with Crippen LogP contribution in [-0.4, -0.2) is 41.6 Å². The summed E-state index contributed by atoms with van der Waals surface area (Å²) in [6, 6.07) is 7.46. The summed E-state index contributed by atoms with van der Waals surface area (Å²) in [6.07, 6.45) is 6.85. The molecule has 0 bridgehead atoms. The molecule has 1 unspecified atom stereocenters. The Morgan fingerprint density at radius 1 is 1.20 bits per heavy atom. The average molecular weight is 270 g/mol. The Bertz CT molecular complexity index is 482. The second-order valence-corrected chi connectivity index (χ2v) is 5.96. The van der Waals surface area contributed by atoms with Gasteiger partial charge in [-0.15, -0.1) is 0 Å². The molecule has 3 rings (SSSR count). The zero-order valence-electron chi connectivity index (χ0n) is 12.1. The molecule has 2 fully saturated rings. The van der Waals surface area contributed by atoms with Crippen LogP contribution in [0.2, 0.25) is 0 Å². The van der Waals surface area contributed by atoms with Crippen molar-refractivity contribution in [3.8, 4) is 6.07 Å². The third-order valence-electron chi connectivity index (χ3n) is 4.74. The fourth-order valence-electron chi connectivity index (χ4n) is 3.56. The standard InChI is InChI=1S/C16H22N4/c1-13-3-2-8-20(13)15-6-9-19(10-7-15)16-5-4-14(11-17)12-18-16/h4-5,12-13,15H,2-3,6-10H2,1H3. The first-order chi connectivity index (χ1) is 9.78. The molecule has 0 saturated carbocycles. The highest BCUT2D eigenvalue weighted by Crippen LogP contribution is 2.27. The number of hydrogen-bond donors (Lipinski definition) is 0. The van der Waals surface area contributed by atoms with E-state index in [0.29, 0.717) is 5.56 Å². The van der Waals surface area contributed by atoms with Gasteiger partial charge in [0.25, 0.3) is 0 Å². The third-order valence-corrected chi connectivity index (χ3v) is 4.74. The summed E-state index contributed by atoms with van der Waals surface area (Å²) in [5.41, 5.74) is 0.634. The normalized spacial score (nSPS) is 24.8. The van der Waals surface area contributed by atoms with E-state index in [1.807, 2.05) is 12.1 Å². The van der Waals surface area contributed by atoms with Gasteiger partial charge in [0.15, 0.2) is 0 Å². The topological polar surface area (TPSA) is 43.2 Å². The number of piperidine rings is 1. The van der Waals surface area contributed by atoms with Crippen LogP contribution in [0.1, 0.15) is 38.2 Å². The van der Waals surface area contributed by atoms with E-state index in [9.17, 15) is 0 Å². The molecule has 0 radical (unpaired) electrons. The first-order valence-electron chi connectivity index (χ1n) is 7.65. The van der Waals surface area contributed by atoms with E-state index < -0.39 is 0 Å². The maximum absolute atomic E-state index is 8.81. The molecular weight excluding hydrogens is 248 g/mol. The van der Waals surface area contributed by atoms with Crippen molar-refractivity contribution in [2.75, 3.05) is 24.5 Å². The second kappa shape index (κ2) is 5.80. The fourth-order valence-corrected chi connectivity index (χ4v) is 3.56. The molecule has 0 amide bonds. The van der Waals surface area contributed by atoms with Gasteiger partial charge in [0.05, 0.1) is 5.56 Å². The third kappa shape index (κ3) is 2.64. The zero-order chi connectivity index (χ0) is 13.9. The molecule has 1 aromatic rings. The Hall–Kier alpha value is -1.60. The Morgan fingerprint density at radius 2 is 2.00 bits per heavy atom. The summed E-state index contributed by atoms with van der Waals surface area (Å²) in [4.78, 5) is 9.44. The Kier molecular flexibility index (Phi) is 3.88. The van der Waals surface area contributed by atoms with Crippen LogP contribution in [-0.2, 0) is 0 Å². The van der Waals surface area contributed by atoms with Crippen LogP contribution < -0.4 is 4.90 Å². The van der Waals surface area contributed by atoms with Gasteiger partial charge in [-0.25, -0.2) is 4.98 Å². The SMILES string of the molecule is CC1CCCN1C1CCN(c2ccc(C#N)cn2)CC1. The lowest BCUT2D eigenvalue weighted by Gasteiger charge is -2.39. The van der Waals surface area contributed by atoms with E-state index in [-0.39, 0.29) is 0 Å². The Labute approximate surface area is 121 Å². The van der Waals surface area contributed by atoms with Crippen molar-refractivity contribution in [2.45, 2.75) is 44.7 Å². The van der Waals surface area contributed by atoms with Crippen molar-refractivity contribution in [1.82, 2.24) is 9.88 Å². The molecule has 1 aromatic heterocycles. The number of aromatic nitrogens is 1. The number of rotatable bonds is 2. The highest BCUT2D eigenvalue weighted by Gasteiger charge is 2.30. The first kappa shape index (κ1) is 13.4. The monoisotopic (exact) mass is 270 g/mol. The summed E-state index contributed by atoms with van der Waals surface area (Å²) in [5, 5.41) is 8.81. The molecule has 20 heavy (non-hydrogen) atoms. The van der Waals surface area contributed by atoms with E-state index in [1.54, 1.807) is 6.20 Å². The maximum atomic E-state index is 8.81. The molecule has 0 aromatic carbocycles. The minimum absolute atomic E-state index is 0.634. The molecule has 1 atom stereocenters. The fraction of sp³-hybridized carbons (Fsp3) is 0.625. The zero-order valence-corrected chi connectivity index (χ0v) is 12.1. The first-order valence-corrected chi connectivity index (χ1v) is 7.65. The van der Waals surface area contributed by atoms with Gasteiger partial charge < -0.3 is 4.90 Å². The molecule has 2 aliphatic heterocycles. The van der Waals surface area contributed by atoms with Crippen LogP contribution in [0.3, 0.4) is 0 Å². The lowest BCUT2D eigenvalue weighted by Crippen LogP contribution is -2.46. The van der Waals surface area contributed by atoms with Crippen LogP contribution in [0.4, 0.5) is 5.82 Å². The van der Waals surface area contributed by atoms with Crippen molar-refractivity contribution in [3.05, 3.63) is 23.9 Å². The predicted molar refractivity (Wildman–Crippen MR) is 79.6 cm³/mol. The van der Waals surface area contributed by atoms with E-state index in [0.717, 1.165) is 31.0 Å². The van der Waals surface area contributed by atoms with Crippen LogP contribution >= 0.6 is 0 Å². The minimum Gasteiger partial charge on any atom is -0.357 e. The van der Waals surface area contributed by atoms with Gasteiger partial charge in [-0.1, -0.05) is 0 Å². The molecule has 0 spiro atoms. The molecule has 106 valence electrons. The molecule has 0 aliphatic carbocycles. The predicted octanol–water partition coefficient (Wildman–Crippen LogP) is 2.41. The smallest absolute Gasteiger partial charge is 0.128 e. The number of nitrogens with zero attached hydrogens (tertiary/aromatic N) is 4. The summed E-state index contributed by atoms with van der Waals surface area (Å²) in [5.74, 6) is 1.01. The highest BCUT2D eigenvalue weighted by molar-refractivity contribution is 5.42. The van der Waals surface area contributed by atoms with Gasteiger partial charge >= 0.3 is 0 Å². The van der Waals surface area contributed by atoms with E-state index >= 15 is 0 Å². The lowest BCUT2D eigenvalue weighted by atomic mass is 10.0. The Morgan fingerprint density at radius 3 is 2.55 bits per heavy atom. The number of pyridine rings is 1. The highest BCUT2D eigenvalue weighted by atomic mass is 15.2. The van der Waals surface area contributed by atoms with E-state index in [1.165, 1.54) is 32.2 Å². The van der Waals surface area contributed by atoms with Gasteiger partial charge in [-0.2, -0.15) is 5.26 Å². The molecule has 2 aliphatic rings. The number of hydrogen-bond acceptors (Lipinski definition) is 4. The number of anilines is 1. The van der Waals surface area contributed by atoms with Gasteiger partial charge in [0.2, 0.25) is 0 Å². The minimum atomic E-state index is 0.634.